The Bertz CT molecular complexity index is 494. The number of hydrogen-bond donors (Lipinski definition) is 3. The van der Waals surface area contributed by atoms with Crippen molar-refractivity contribution >= 4 is 5.91 Å². The molecule has 22 heavy (non-hydrogen) atoms. The van der Waals surface area contributed by atoms with E-state index in [2.05, 4.69) is 10.3 Å². The third kappa shape index (κ3) is 3.47. The molecule has 2 aliphatic carbocycles. The number of aliphatic hydroxyl groups is 2. The van der Waals surface area contributed by atoms with Crippen LogP contribution in [0.25, 0.3) is 0 Å². The fourth-order valence-electron chi connectivity index (χ4n) is 3.50. The second-order valence-corrected chi connectivity index (χ2v) is 6.63. The maximum Gasteiger partial charge on any atom is 0.223 e. The van der Waals surface area contributed by atoms with E-state index in [-0.39, 0.29) is 36.0 Å². The minimum Gasteiger partial charge on any atom is -0.393 e. The summed E-state index contributed by atoms with van der Waals surface area (Å²) in [6.45, 7) is 0. The van der Waals surface area contributed by atoms with Gasteiger partial charge in [0.1, 0.15) is 0 Å². The van der Waals surface area contributed by atoms with Crippen LogP contribution in [0.5, 0.6) is 0 Å². The Morgan fingerprint density at radius 2 is 1.86 bits per heavy atom. The second-order valence-electron chi connectivity index (χ2n) is 6.63. The van der Waals surface area contributed by atoms with Crippen LogP contribution in [0.2, 0.25) is 0 Å². The van der Waals surface area contributed by atoms with Crippen LogP contribution < -0.4 is 5.32 Å². The summed E-state index contributed by atoms with van der Waals surface area (Å²) in [5.41, 5.74) is 0.864. The smallest absolute Gasteiger partial charge is 0.223 e. The highest BCUT2D eigenvalue weighted by Gasteiger charge is 2.37. The van der Waals surface area contributed by atoms with E-state index in [1.165, 1.54) is 0 Å². The van der Waals surface area contributed by atoms with E-state index in [0.29, 0.717) is 25.7 Å². The highest BCUT2D eigenvalue weighted by Crippen LogP contribution is 2.38. The molecule has 3 rings (SSSR count). The van der Waals surface area contributed by atoms with Crippen LogP contribution in [0, 0.1) is 11.8 Å². The van der Waals surface area contributed by atoms with Crippen LogP contribution in [-0.2, 0) is 4.79 Å². The van der Waals surface area contributed by atoms with Crippen LogP contribution in [-0.4, -0.2) is 33.3 Å². The van der Waals surface area contributed by atoms with E-state index in [9.17, 15) is 15.0 Å². The van der Waals surface area contributed by atoms with Crippen LogP contribution in [0.4, 0.5) is 0 Å². The predicted octanol–water partition coefficient (Wildman–Crippen LogP) is 1.56. The van der Waals surface area contributed by atoms with Gasteiger partial charge in [-0.25, -0.2) is 0 Å². The molecule has 1 atom stereocenters. The molecule has 0 spiro atoms. The Kier molecular flexibility index (Phi) is 4.74. The maximum atomic E-state index is 12.5. The van der Waals surface area contributed by atoms with Gasteiger partial charge < -0.3 is 15.5 Å². The van der Waals surface area contributed by atoms with Gasteiger partial charge in [-0.15, -0.1) is 0 Å². The minimum absolute atomic E-state index is 0.0142. The third-order valence-electron chi connectivity index (χ3n) is 4.99. The Hall–Kier alpha value is -1.46. The van der Waals surface area contributed by atoms with Gasteiger partial charge in [-0.2, -0.15) is 0 Å². The average molecular weight is 304 g/mol. The Labute approximate surface area is 130 Å². The molecule has 1 aromatic heterocycles. The van der Waals surface area contributed by atoms with Crippen molar-refractivity contribution in [3.05, 3.63) is 30.1 Å². The number of nitrogens with zero attached hydrogens (tertiary/aromatic N) is 1. The molecule has 2 fully saturated rings. The molecule has 5 nitrogen and oxygen atoms in total. The van der Waals surface area contributed by atoms with Gasteiger partial charge in [-0.3, -0.25) is 9.78 Å². The number of hydrogen-bond acceptors (Lipinski definition) is 4. The summed E-state index contributed by atoms with van der Waals surface area (Å²) in [5, 5.41) is 22.3. The summed E-state index contributed by atoms with van der Waals surface area (Å²) >= 11 is 0. The topological polar surface area (TPSA) is 82.5 Å². The van der Waals surface area contributed by atoms with Crippen molar-refractivity contribution < 1.29 is 15.0 Å². The predicted molar refractivity (Wildman–Crippen MR) is 81.8 cm³/mol. The number of pyridine rings is 1. The number of carbonyl (C=O) groups excluding carboxylic acids is 1. The lowest BCUT2D eigenvalue weighted by Gasteiger charge is -2.38. The molecular weight excluding hydrogens is 280 g/mol. The van der Waals surface area contributed by atoms with E-state index in [1.807, 2.05) is 18.2 Å². The van der Waals surface area contributed by atoms with E-state index >= 15 is 0 Å². The molecule has 0 unspecified atom stereocenters. The van der Waals surface area contributed by atoms with Crippen molar-refractivity contribution in [2.45, 2.75) is 56.8 Å². The molecule has 1 amide bonds. The molecular formula is C17H24N2O3. The van der Waals surface area contributed by atoms with Gasteiger partial charge in [0.2, 0.25) is 5.91 Å². The Morgan fingerprint density at radius 1 is 1.14 bits per heavy atom. The molecule has 5 heteroatoms. The molecule has 0 bridgehead atoms. The second kappa shape index (κ2) is 6.75. The molecule has 0 radical (unpaired) electrons. The van der Waals surface area contributed by atoms with Gasteiger partial charge >= 0.3 is 0 Å². The first kappa shape index (κ1) is 15.4. The normalized spacial score (nSPS) is 32.8. The minimum atomic E-state index is -0.252. The number of carbonyl (C=O) groups is 1. The molecule has 1 heterocycles. The summed E-state index contributed by atoms with van der Waals surface area (Å²) in [4.78, 5) is 16.9. The number of rotatable bonds is 4. The zero-order chi connectivity index (χ0) is 15.5. The summed E-state index contributed by atoms with van der Waals surface area (Å²) in [6.07, 6.45) is 5.56. The largest absolute Gasteiger partial charge is 0.393 e. The molecule has 120 valence electrons. The van der Waals surface area contributed by atoms with Gasteiger partial charge in [0.15, 0.2) is 0 Å². The van der Waals surface area contributed by atoms with Crippen molar-refractivity contribution in [1.29, 1.82) is 0 Å². The standard InChI is InChI=1S/C17H24N2O3/c20-13-6-4-11(5-7-13)17(22)19-16(12-9-14(21)10-12)15-3-1-2-8-18-15/h1-3,8,11-14,16,20-21H,4-7,9-10H2,(H,19,22)/t11?,12?,13?,14?,16-/m0/s1. The first-order chi connectivity index (χ1) is 10.6. The van der Waals surface area contributed by atoms with Gasteiger partial charge in [0.05, 0.1) is 23.9 Å². The first-order valence-corrected chi connectivity index (χ1v) is 8.21. The summed E-state index contributed by atoms with van der Waals surface area (Å²) < 4.78 is 0. The Morgan fingerprint density at radius 3 is 2.45 bits per heavy atom. The van der Waals surface area contributed by atoms with Gasteiger partial charge in [0.25, 0.3) is 0 Å². The highest BCUT2D eigenvalue weighted by atomic mass is 16.3. The lowest BCUT2D eigenvalue weighted by atomic mass is 9.75. The zero-order valence-corrected chi connectivity index (χ0v) is 12.7. The quantitative estimate of drug-likeness (QED) is 0.788. The van der Waals surface area contributed by atoms with Crippen molar-refractivity contribution in [2.75, 3.05) is 0 Å². The summed E-state index contributed by atoms with van der Waals surface area (Å²) in [5.74, 6) is 0.298. The fraction of sp³-hybridized carbons (Fsp3) is 0.647. The van der Waals surface area contributed by atoms with Crippen LogP contribution in [0.3, 0.4) is 0 Å². The highest BCUT2D eigenvalue weighted by molar-refractivity contribution is 5.79. The summed E-state index contributed by atoms with van der Waals surface area (Å²) in [6, 6.07) is 5.60. The number of amides is 1. The molecule has 0 aliphatic heterocycles. The van der Waals surface area contributed by atoms with Crippen molar-refractivity contribution in [1.82, 2.24) is 10.3 Å². The SMILES string of the molecule is O=C(N[C@H](c1ccccn1)C1CC(O)C1)C1CCC(O)CC1. The number of aliphatic hydroxyl groups excluding tert-OH is 2. The van der Waals surface area contributed by atoms with Crippen molar-refractivity contribution in [3.63, 3.8) is 0 Å². The molecule has 2 aliphatic rings. The van der Waals surface area contributed by atoms with Gasteiger partial charge in [0, 0.05) is 12.1 Å². The molecule has 3 N–H and O–H groups in total. The van der Waals surface area contributed by atoms with Gasteiger partial charge in [-0.05, 0) is 56.6 Å². The van der Waals surface area contributed by atoms with Crippen LogP contribution in [0.1, 0.15) is 50.3 Å². The summed E-state index contributed by atoms with van der Waals surface area (Å²) in [7, 11) is 0. The average Bonchev–Trinajstić information content (AvgIpc) is 2.51. The lowest BCUT2D eigenvalue weighted by molar-refractivity contribution is -0.128. The van der Waals surface area contributed by atoms with E-state index in [4.69, 9.17) is 0 Å². The first-order valence-electron chi connectivity index (χ1n) is 8.21. The molecule has 0 aromatic carbocycles. The molecule has 2 saturated carbocycles. The van der Waals surface area contributed by atoms with E-state index in [0.717, 1.165) is 18.5 Å². The number of nitrogens with one attached hydrogen (secondary N) is 1. The van der Waals surface area contributed by atoms with Crippen molar-refractivity contribution in [2.24, 2.45) is 11.8 Å². The van der Waals surface area contributed by atoms with E-state index < -0.39 is 0 Å². The Balaban J connectivity index is 1.66. The lowest BCUT2D eigenvalue weighted by Crippen LogP contribution is -2.44. The van der Waals surface area contributed by atoms with Gasteiger partial charge in [-0.1, -0.05) is 6.07 Å². The van der Waals surface area contributed by atoms with Crippen molar-refractivity contribution in [3.8, 4) is 0 Å². The van der Waals surface area contributed by atoms with Crippen LogP contribution in [0.15, 0.2) is 24.4 Å². The number of aromatic nitrogens is 1. The maximum absolute atomic E-state index is 12.5. The third-order valence-corrected chi connectivity index (χ3v) is 4.99. The molecule has 0 saturated heterocycles. The monoisotopic (exact) mass is 304 g/mol. The molecule has 1 aromatic rings. The van der Waals surface area contributed by atoms with Crippen LogP contribution >= 0.6 is 0 Å². The van der Waals surface area contributed by atoms with E-state index in [1.54, 1.807) is 6.20 Å². The fourth-order valence-corrected chi connectivity index (χ4v) is 3.50. The zero-order valence-electron chi connectivity index (χ0n) is 12.7.